The zero-order chi connectivity index (χ0) is 19.3. The van der Waals surface area contributed by atoms with Gasteiger partial charge >= 0.3 is 0 Å². The molecule has 140 valence electrons. The standard InChI is InChI=1S/C17H21N3O5S/c1-4-25-14-7-5-13(6-8-14)12(2)19-16-10-9-15(26(23,24)18-3)11-17(16)20(21)22/h5-12,18-19H,4H2,1-3H3. The Kier molecular flexibility index (Phi) is 6.17. The molecular formula is C17H21N3O5S. The highest BCUT2D eigenvalue weighted by molar-refractivity contribution is 7.89. The number of nitrogens with zero attached hydrogens (tertiary/aromatic N) is 1. The fourth-order valence-corrected chi connectivity index (χ4v) is 3.16. The lowest BCUT2D eigenvalue weighted by atomic mass is 10.1. The minimum atomic E-state index is -3.76. The highest BCUT2D eigenvalue weighted by Gasteiger charge is 2.21. The van der Waals surface area contributed by atoms with Crippen LogP contribution >= 0.6 is 0 Å². The van der Waals surface area contributed by atoms with Crippen LogP contribution in [0.4, 0.5) is 11.4 Å². The fraction of sp³-hybridized carbons (Fsp3) is 0.294. The molecule has 0 saturated heterocycles. The maximum Gasteiger partial charge on any atom is 0.293 e. The van der Waals surface area contributed by atoms with Crippen LogP contribution < -0.4 is 14.8 Å². The maximum atomic E-state index is 11.8. The number of hydrogen-bond donors (Lipinski definition) is 2. The van der Waals surface area contributed by atoms with Gasteiger partial charge in [-0.25, -0.2) is 13.1 Å². The summed E-state index contributed by atoms with van der Waals surface area (Å²) < 4.78 is 31.2. The lowest BCUT2D eigenvalue weighted by Gasteiger charge is -2.16. The minimum Gasteiger partial charge on any atom is -0.494 e. The molecule has 0 heterocycles. The van der Waals surface area contributed by atoms with Crippen LogP contribution in [-0.4, -0.2) is 27.0 Å². The smallest absolute Gasteiger partial charge is 0.293 e. The van der Waals surface area contributed by atoms with Crippen LogP contribution in [0.5, 0.6) is 5.75 Å². The second kappa shape index (κ2) is 8.15. The molecule has 0 amide bonds. The van der Waals surface area contributed by atoms with Crippen molar-refractivity contribution in [3.05, 3.63) is 58.1 Å². The van der Waals surface area contributed by atoms with Crippen LogP contribution in [-0.2, 0) is 10.0 Å². The van der Waals surface area contributed by atoms with Gasteiger partial charge in [-0.05, 0) is 50.7 Å². The number of anilines is 1. The zero-order valence-electron chi connectivity index (χ0n) is 14.7. The summed E-state index contributed by atoms with van der Waals surface area (Å²) in [6, 6.07) is 10.9. The van der Waals surface area contributed by atoms with E-state index in [1.165, 1.54) is 19.2 Å². The van der Waals surface area contributed by atoms with Crippen LogP contribution in [0.1, 0.15) is 25.5 Å². The number of benzene rings is 2. The summed E-state index contributed by atoms with van der Waals surface area (Å²) in [5.74, 6) is 0.746. The Morgan fingerprint density at radius 2 is 1.85 bits per heavy atom. The van der Waals surface area contributed by atoms with Gasteiger partial charge in [-0.3, -0.25) is 10.1 Å². The largest absolute Gasteiger partial charge is 0.494 e. The van der Waals surface area contributed by atoms with E-state index in [4.69, 9.17) is 4.74 Å². The van der Waals surface area contributed by atoms with E-state index in [9.17, 15) is 18.5 Å². The molecule has 26 heavy (non-hydrogen) atoms. The van der Waals surface area contributed by atoms with E-state index in [2.05, 4.69) is 10.0 Å². The summed E-state index contributed by atoms with van der Waals surface area (Å²) in [5.41, 5.74) is 0.847. The van der Waals surface area contributed by atoms with Crippen LogP contribution in [0, 0.1) is 10.1 Å². The van der Waals surface area contributed by atoms with Crippen molar-refractivity contribution in [3.8, 4) is 5.75 Å². The van der Waals surface area contributed by atoms with E-state index in [1.807, 2.05) is 38.1 Å². The Labute approximate surface area is 152 Å². The molecule has 0 aliphatic carbocycles. The predicted molar refractivity (Wildman–Crippen MR) is 99.0 cm³/mol. The molecule has 0 saturated carbocycles. The minimum absolute atomic E-state index is 0.161. The van der Waals surface area contributed by atoms with Crippen molar-refractivity contribution in [2.75, 3.05) is 19.0 Å². The third-order valence-corrected chi connectivity index (χ3v) is 5.22. The number of sulfonamides is 1. The molecule has 2 aromatic rings. The van der Waals surface area contributed by atoms with E-state index in [-0.39, 0.29) is 22.3 Å². The van der Waals surface area contributed by atoms with Crippen molar-refractivity contribution in [3.63, 3.8) is 0 Å². The number of ether oxygens (including phenoxy) is 1. The Morgan fingerprint density at radius 1 is 1.19 bits per heavy atom. The number of hydrogen-bond acceptors (Lipinski definition) is 6. The molecule has 1 atom stereocenters. The molecule has 2 N–H and O–H groups in total. The van der Waals surface area contributed by atoms with Crippen molar-refractivity contribution in [2.45, 2.75) is 24.8 Å². The van der Waals surface area contributed by atoms with Gasteiger partial charge in [0.25, 0.3) is 5.69 Å². The van der Waals surface area contributed by atoms with Crippen LogP contribution in [0.25, 0.3) is 0 Å². The van der Waals surface area contributed by atoms with Gasteiger partial charge in [0.05, 0.1) is 16.4 Å². The first-order valence-corrected chi connectivity index (χ1v) is 9.48. The second-order valence-electron chi connectivity index (χ2n) is 5.51. The summed E-state index contributed by atoms with van der Waals surface area (Å²) in [7, 11) is -2.51. The topological polar surface area (TPSA) is 111 Å². The third-order valence-electron chi connectivity index (χ3n) is 3.81. The molecule has 0 aliphatic rings. The fourth-order valence-electron chi connectivity index (χ4n) is 2.41. The summed E-state index contributed by atoms with van der Waals surface area (Å²) in [6.07, 6.45) is 0. The molecule has 0 aromatic heterocycles. The highest BCUT2D eigenvalue weighted by atomic mass is 32.2. The second-order valence-corrected chi connectivity index (χ2v) is 7.40. The van der Waals surface area contributed by atoms with Gasteiger partial charge in [0.15, 0.2) is 0 Å². The Hall–Kier alpha value is -2.65. The van der Waals surface area contributed by atoms with Gasteiger partial charge < -0.3 is 10.1 Å². The van der Waals surface area contributed by atoms with Gasteiger partial charge in [0.1, 0.15) is 11.4 Å². The van der Waals surface area contributed by atoms with Crippen LogP contribution in [0.15, 0.2) is 47.4 Å². The van der Waals surface area contributed by atoms with Crippen molar-refractivity contribution in [1.82, 2.24) is 4.72 Å². The van der Waals surface area contributed by atoms with Crippen molar-refractivity contribution >= 4 is 21.4 Å². The van der Waals surface area contributed by atoms with E-state index in [0.717, 1.165) is 17.4 Å². The summed E-state index contributed by atoms with van der Waals surface area (Å²) in [4.78, 5) is 10.6. The normalized spacial score (nSPS) is 12.4. The van der Waals surface area contributed by atoms with Crippen LogP contribution in [0.2, 0.25) is 0 Å². The average molecular weight is 379 g/mol. The zero-order valence-corrected chi connectivity index (χ0v) is 15.5. The van der Waals surface area contributed by atoms with Gasteiger partial charge in [-0.1, -0.05) is 12.1 Å². The third kappa shape index (κ3) is 4.50. The van der Waals surface area contributed by atoms with Crippen molar-refractivity contribution in [1.29, 1.82) is 0 Å². The lowest BCUT2D eigenvalue weighted by Crippen LogP contribution is -2.19. The molecule has 1 unspecified atom stereocenters. The molecule has 0 radical (unpaired) electrons. The Morgan fingerprint density at radius 3 is 2.38 bits per heavy atom. The summed E-state index contributed by atoms with van der Waals surface area (Å²) in [5, 5.41) is 14.4. The van der Waals surface area contributed by atoms with Crippen LogP contribution in [0.3, 0.4) is 0 Å². The summed E-state index contributed by atoms with van der Waals surface area (Å²) in [6.45, 7) is 4.33. The molecule has 2 rings (SSSR count). The number of nitro groups is 1. The molecule has 0 bridgehead atoms. The first-order valence-electron chi connectivity index (χ1n) is 7.99. The molecule has 2 aromatic carbocycles. The molecule has 0 spiro atoms. The molecule has 0 fully saturated rings. The number of nitrogens with one attached hydrogen (secondary N) is 2. The average Bonchev–Trinajstić information content (AvgIpc) is 2.62. The monoisotopic (exact) mass is 379 g/mol. The highest BCUT2D eigenvalue weighted by Crippen LogP contribution is 2.31. The van der Waals surface area contributed by atoms with E-state index < -0.39 is 14.9 Å². The number of nitro benzene ring substituents is 1. The van der Waals surface area contributed by atoms with E-state index in [1.54, 1.807) is 0 Å². The Bertz CT molecular complexity index is 882. The predicted octanol–water partition coefficient (Wildman–Crippen LogP) is 3.07. The van der Waals surface area contributed by atoms with Crippen molar-refractivity contribution in [2.24, 2.45) is 0 Å². The number of rotatable bonds is 8. The lowest BCUT2D eigenvalue weighted by molar-refractivity contribution is -0.384. The molecule has 8 nitrogen and oxygen atoms in total. The maximum absolute atomic E-state index is 11.8. The first kappa shape index (κ1) is 19.7. The van der Waals surface area contributed by atoms with Gasteiger partial charge in [-0.15, -0.1) is 0 Å². The van der Waals surface area contributed by atoms with Gasteiger partial charge in [0.2, 0.25) is 10.0 Å². The summed E-state index contributed by atoms with van der Waals surface area (Å²) >= 11 is 0. The van der Waals surface area contributed by atoms with E-state index >= 15 is 0 Å². The van der Waals surface area contributed by atoms with Gasteiger partial charge in [-0.2, -0.15) is 0 Å². The van der Waals surface area contributed by atoms with E-state index in [0.29, 0.717) is 6.61 Å². The first-order chi connectivity index (χ1) is 12.3. The Balaban J connectivity index is 2.29. The molecule has 0 aliphatic heterocycles. The molecule has 9 heteroatoms. The SMILES string of the molecule is CCOc1ccc(C(C)Nc2ccc(S(=O)(=O)NC)cc2[N+](=O)[O-])cc1. The van der Waals surface area contributed by atoms with Gasteiger partial charge in [0, 0.05) is 12.1 Å². The quantitative estimate of drug-likeness (QED) is 0.539. The molecular weight excluding hydrogens is 358 g/mol. The van der Waals surface area contributed by atoms with Crippen molar-refractivity contribution < 1.29 is 18.1 Å².